The van der Waals surface area contributed by atoms with Gasteiger partial charge < -0.3 is 0 Å². The van der Waals surface area contributed by atoms with Crippen molar-refractivity contribution in [2.45, 2.75) is 10.8 Å². The third-order valence-electron chi connectivity index (χ3n) is 5.13. The average Bonchev–Trinajstić information content (AvgIpc) is 3.29. The van der Waals surface area contributed by atoms with Crippen molar-refractivity contribution in [1.82, 2.24) is 9.73 Å². The van der Waals surface area contributed by atoms with Gasteiger partial charge in [0.25, 0.3) is 10.0 Å². The standard InChI is InChI=1S/C24H22ClFN4O2S/c25-20-13-11-19(12-14-20)23-22(18-7-3-1-4-8-18)17-30(28-23)24(27-16-15-26)29-33(31,32)21-9-5-2-6-10-21/h1-14,22H,15-17H2,(H,27,29). The van der Waals surface area contributed by atoms with Crippen molar-refractivity contribution in [2.24, 2.45) is 10.1 Å². The molecule has 3 aromatic rings. The van der Waals surface area contributed by atoms with Crippen LogP contribution in [-0.2, 0) is 10.0 Å². The van der Waals surface area contributed by atoms with Crippen molar-refractivity contribution < 1.29 is 12.8 Å². The lowest BCUT2D eigenvalue weighted by molar-refractivity contribution is 0.454. The van der Waals surface area contributed by atoms with Crippen LogP contribution >= 0.6 is 11.6 Å². The Hall–Kier alpha value is -3.23. The summed E-state index contributed by atoms with van der Waals surface area (Å²) in [6.45, 7) is -0.574. The molecule has 0 amide bonds. The highest BCUT2D eigenvalue weighted by molar-refractivity contribution is 7.90. The number of nitrogens with zero attached hydrogens (tertiary/aromatic N) is 3. The SMILES string of the molecule is O=S(=O)(NC(=NCCF)N1CC(c2ccccc2)C(c2ccc(Cl)cc2)=N1)c1ccccc1. The number of halogens is 2. The van der Waals surface area contributed by atoms with E-state index in [1.165, 1.54) is 17.1 Å². The maximum atomic E-state index is 13.0. The Kier molecular flexibility index (Phi) is 7.05. The molecule has 3 aromatic carbocycles. The summed E-state index contributed by atoms with van der Waals surface area (Å²) in [5, 5.41) is 6.79. The number of hydrogen-bond donors (Lipinski definition) is 1. The van der Waals surface area contributed by atoms with E-state index in [4.69, 9.17) is 16.7 Å². The number of guanidine groups is 1. The largest absolute Gasteiger partial charge is 0.264 e. The topological polar surface area (TPSA) is 74.1 Å². The highest BCUT2D eigenvalue weighted by Gasteiger charge is 2.33. The molecule has 1 unspecified atom stereocenters. The van der Waals surface area contributed by atoms with Gasteiger partial charge in [0.1, 0.15) is 6.67 Å². The van der Waals surface area contributed by atoms with Gasteiger partial charge in [-0.25, -0.2) is 27.5 Å². The fourth-order valence-electron chi connectivity index (χ4n) is 3.56. The normalized spacial score (nSPS) is 16.5. The Morgan fingerprint density at radius 2 is 1.67 bits per heavy atom. The first kappa shape index (κ1) is 22.9. The monoisotopic (exact) mass is 484 g/mol. The van der Waals surface area contributed by atoms with Crippen molar-refractivity contribution in [2.75, 3.05) is 19.8 Å². The quantitative estimate of drug-likeness (QED) is 0.415. The minimum absolute atomic E-state index is 0.0265. The molecule has 33 heavy (non-hydrogen) atoms. The highest BCUT2D eigenvalue weighted by Crippen LogP contribution is 2.29. The van der Waals surface area contributed by atoms with E-state index in [0.717, 1.165) is 16.8 Å². The highest BCUT2D eigenvalue weighted by atomic mass is 35.5. The maximum absolute atomic E-state index is 13.0. The van der Waals surface area contributed by atoms with Gasteiger partial charge in [-0.15, -0.1) is 0 Å². The molecular formula is C24H22ClFN4O2S. The smallest absolute Gasteiger partial charge is 0.249 e. The van der Waals surface area contributed by atoms with Gasteiger partial charge in [-0.05, 0) is 35.4 Å². The van der Waals surface area contributed by atoms with Crippen LogP contribution in [0.15, 0.2) is 99.9 Å². The summed E-state index contributed by atoms with van der Waals surface area (Å²) >= 11 is 6.06. The molecule has 4 rings (SSSR count). The predicted molar refractivity (Wildman–Crippen MR) is 129 cm³/mol. The molecule has 9 heteroatoms. The molecule has 0 saturated carbocycles. The third kappa shape index (κ3) is 5.40. The fourth-order valence-corrected chi connectivity index (χ4v) is 4.73. The van der Waals surface area contributed by atoms with E-state index in [1.807, 2.05) is 42.5 Å². The molecule has 0 saturated heterocycles. The van der Waals surface area contributed by atoms with Crippen LogP contribution in [0.2, 0.25) is 5.02 Å². The van der Waals surface area contributed by atoms with Crippen LogP contribution in [0.3, 0.4) is 0 Å². The molecule has 1 aliphatic rings. The minimum atomic E-state index is -3.93. The van der Waals surface area contributed by atoms with E-state index in [0.29, 0.717) is 11.6 Å². The molecule has 1 atom stereocenters. The molecule has 6 nitrogen and oxygen atoms in total. The first-order chi connectivity index (χ1) is 16.0. The van der Waals surface area contributed by atoms with E-state index in [9.17, 15) is 12.8 Å². The molecule has 0 fully saturated rings. The van der Waals surface area contributed by atoms with Gasteiger partial charge in [-0.3, -0.25) is 0 Å². The van der Waals surface area contributed by atoms with Gasteiger partial charge >= 0.3 is 0 Å². The second-order valence-corrected chi connectivity index (χ2v) is 9.47. The number of alkyl halides is 1. The Labute approximate surface area is 197 Å². The lowest BCUT2D eigenvalue weighted by atomic mass is 9.91. The molecule has 170 valence electrons. The summed E-state index contributed by atoms with van der Waals surface area (Å²) in [4.78, 5) is 4.24. The van der Waals surface area contributed by atoms with Crippen LogP contribution in [0.25, 0.3) is 0 Å². The van der Waals surface area contributed by atoms with Crippen LogP contribution in [0.4, 0.5) is 4.39 Å². The molecule has 0 spiro atoms. The first-order valence-electron chi connectivity index (χ1n) is 10.3. The Morgan fingerprint density at radius 1 is 1.03 bits per heavy atom. The van der Waals surface area contributed by atoms with Crippen LogP contribution in [0, 0.1) is 0 Å². The number of hydrogen-bond acceptors (Lipinski definition) is 4. The van der Waals surface area contributed by atoms with Crippen molar-refractivity contribution in [3.05, 3.63) is 101 Å². The summed E-state index contributed by atoms with van der Waals surface area (Å²) in [7, 11) is -3.93. The second-order valence-electron chi connectivity index (χ2n) is 7.35. The van der Waals surface area contributed by atoms with E-state index >= 15 is 0 Å². The van der Waals surface area contributed by atoms with Crippen LogP contribution in [-0.4, -0.2) is 44.9 Å². The van der Waals surface area contributed by atoms with Gasteiger partial charge in [0, 0.05) is 10.9 Å². The predicted octanol–water partition coefficient (Wildman–Crippen LogP) is 4.45. The van der Waals surface area contributed by atoms with Crippen molar-refractivity contribution in [3.8, 4) is 0 Å². The molecule has 0 aromatic heterocycles. The average molecular weight is 485 g/mol. The van der Waals surface area contributed by atoms with Gasteiger partial charge in [-0.2, -0.15) is 5.10 Å². The van der Waals surface area contributed by atoms with Gasteiger partial charge in [0.05, 0.1) is 23.7 Å². The van der Waals surface area contributed by atoms with Gasteiger partial charge in [0.15, 0.2) is 0 Å². The van der Waals surface area contributed by atoms with Crippen LogP contribution < -0.4 is 4.72 Å². The number of hydrazone groups is 1. The van der Waals surface area contributed by atoms with E-state index < -0.39 is 16.7 Å². The fraction of sp³-hybridized carbons (Fsp3) is 0.167. The lowest BCUT2D eigenvalue weighted by Crippen LogP contribution is -2.41. The van der Waals surface area contributed by atoms with E-state index in [-0.39, 0.29) is 23.3 Å². The zero-order valence-electron chi connectivity index (χ0n) is 17.6. The van der Waals surface area contributed by atoms with Crippen LogP contribution in [0.5, 0.6) is 0 Å². The molecule has 0 aliphatic carbocycles. The second kappa shape index (κ2) is 10.1. The zero-order valence-corrected chi connectivity index (χ0v) is 19.2. The molecule has 0 radical (unpaired) electrons. The van der Waals surface area contributed by atoms with Gasteiger partial charge in [0.2, 0.25) is 5.96 Å². The molecule has 1 heterocycles. The summed E-state index contributed by atoms with van der Waals surface area (Å²) in [5.41, 5.74) is 2.61. The Morgan fingerprint density at radius 3 is 2.30 bits per heavy atom. The Bertz CT molecular complexity index is 1250. The zero-order chi connectivity index (χ0) is 23.3. The van der Waals surface area contributed by atoms with Gasteiger partial charge in [-0.1, -0.05) is 72.3 Å². The molecule has 1 aliphatic heterocycles. The van der Waals surface area contributed by atoms with Crippen molar-refractivity contribution in [1.29, 1.82) is 0 Å². The first-order valence-corrected chi connectivity index (χ1v) is 12.2. The van der Waals surface area contributed by atoms with Crippen LogP contribution in [0.1, 0.15) is 17.0 Å². The van der Waals surface area contributed by atoms with Crippen molar-refractivity contribution in [3.63, 3.8) is 0 Å². The third-order valence-corrected chi connectivity index (χ3v) is 6.72. The number of sulfonamides is 1. The lowest BCUT2D eigenvalue weighted by Gasteiger charge is -2.19. The van der Waals surface area contributed by atoms with Crippen molar-refractivity contribution >= 4 is 33.3 Å². The summed E-state index contributed by atoms with van der Waals surface area (Å²) in [5.74, 6) is -0.175. The number of rotatable bonds is 6. The number of benzene rings is 3. The van der Waals surface area contributed by atoms with E-state index in [1.54, 1.807) is 30.3 Å². The maximum Gasteiger partial charge on any atom is 0.264 e. The summed E-state index contributed by atoms with van der Waals surface area (Å²) in [6.07, 6.45) is 0. The number of nitrogens with one attached hydrogen (secondary N) is 1. The Balaban J connectivity index is 1.71. The minimum Gasteiger partial charge on any atom is -0.249 e. The molecule has 1 N–H and O–H groups in total. The summed E-state index contributed by atoms with van der Waals surface area (Å²) in [6, 6.07) is 25.0. The van der Waals surface area contributed by atoms with E-state index in [2.05, 4.69) is 9.71 Å². The molecule has 0 bridgehead atoms. The molecular weight excluding hydrogens is 463 g/mol. The number of aliphatic imine (C=N–C) groups is 1. The summed E-state index contributed by atoms with van der Waals surface area (Å²) < 4.78 is 41.3.